The summed E-state index contributed by atoms with van der Waals surface area (Å²) in [5, 5.41) is 3.74. The molecule has 1 aromatic heterocycles. The largest absolute Gasteiger partial charge is 0.364 e. The van der Waals surface area contributed by atoms with Crippen molar-refractivity contribution in [1.29, 1.82) is 0 Å². The summed E-state index contributed by atoms with van der Waals surface area (Å²) >= 11 is 11.6. The van der Waals surface area contributed by atoms with Gasteiger partial charge in [0.05, 0.1) is 6.20 Å². The van der Waals surface area contributed by atoms with E-state index in [1.54, 1.807) is 6.20 Å². The molecule has 0 fully saturated rings. The van der Waals surface area contributed by atoms with E-state index < -0.39 is 0 Å². The van der Waals surface area contributed by atoms with E-state index in [4.69, 9.17) is 23.2 Å². The SMILES string of the molecule is CC(C)(CCCl)Nc1ncncc1Cl. The second-order valence-electron chi connectivity index (χ2n) is 3.67. The standard InChI is InChI=1S/C9H13Cl2N3/c1-9(2,3-4-10)14-8-7(11)5-12-6-13-8/h5-6H,3-4H2,1-2H3,(H,12,13,14). The first-order valence-electron chi connectivity index (χ1n) is 4.35. The van der Waals surface area contributed by atoms with Crippen LogP contribution in [-0.2, 0) is 0 Å². The van der Waals surface area contributed by atoms with Crippen molar-refractivity contribution in [2.75, 3.05) is 11.2 Å². The molecule has 0 aliphatic rings. The number of anilines is 1. The minimum absolute atomic E-state index is 0.111. The fraction of sp³-hybridized carbons (Fsp3) is 0.556. The van der Waals surface area contributed by atoms with E-state index in [9.17, 15) is 0 Å². The maximum Gasteiger partial charge on any atom is 0.148 e. The zero-order valence-corrected chi connectivity index (χ0v) is 9.73. The fourth-order valence-electron chi connectivity index (χ4n) is 1.02. The van der Waals surface area contributed by atoms with Gasteiger partial charge in [-0.25, -0.2) is 9.97 Å². The van der Waals surface area contributed by atoms with Crippen LogP contribution in [0.4, 0.5) is 5.82 Å². The first-order valence-corrected chi connectivity index (χ1v) is 5.26. The Hall–Kier alpha value is -0.540. The molecule has 0 aliphatic heterocycles. The summed E-state index contributed by atoms with van der Waals surface area (Å²) in [5.74, 6) is 1.25. The lowest BCUT2D eigenvalue weighted by atomic mass is 10.0. The molecule has 0 radical (unpaired) electrons. The molecule has 1 heterocycles. The van der Waals surface area contributed by atoms with E-state index in [1.165, 1.54) is 6.33 Å². The Kier molecular flexibility index (Phi) is 3.96. The van der Waals surface area contributed by atoms with Gasteiger partial charge in [0.2, 0.25) is 0 Å². The third-order valence-electron chi connectivity index (χ3n) is 1.84. The van der Waals surface area contributed by atoms with Crippen LogP contribution in [0.3, 0.4) is 0 Å². The van der Waals surface area contributed by atoms with Crippen molar-refractivity contribution < 1.29 is 0 Å². The number of halogens is 2. The third kappa shape index (κ3) is 3.31. The number of hydrogen-bond acceptors (Lipinski definition) is 3. The van der Waals surface area contributed by atoms with Gasteiger partial charge < -0.3 is 5.32 Å². The lowest BCUT2D eigenvalue weighted by Gasteiger charge is -2.26. The first-order chi connectivity index (χ1) is 6.55. The van der Waals surface area contributed by atoms with Gasteiger partial charge >= 0.3 is 0 Å². The van der Waals surface area contributed by atoms with E-state index >= 15 is 0 Å². The molecular formula is C9H13Cl2N3. The van der Waals surface area contributed by atoms with E-state index in [0.717, 1.165) is 6.42 Å². The minimum Gasteiger partial charge on any atom is -0.364 e. The molecule has 0 unspecified atom stereocenters. The van der Waals surface area contributed by atoms with Crippen LogP contribution in [0.1, 0.15) is 20.3 Å². The summed E-state index contributed by atoms with van der Waals surface area (Å²) in [6.07, 6.45) is 3.87. The van der Waals surface area contributed by atoms with Gasteiger partial charge in [-0.15, -0.1) is 11.6 Å². The van der Waals surface area contributed by atoms with Gasteiger partial charge in [0.15, 0.2) is 0 Å². The number of rotatable bonds is 4. The van der Waals surface area contributed by atoms with Crippen LogP contribution in [0.25, 0.3) is 0 Å². The van der Waals surface area contributed by atoms with Gasteiger partial charge in [0, 0.05) is 11.4 Å². The minimum atomic E-state index is -0.111. The zero-order chi connectivity index (χ0) is 10.6. The molecule has 14 heavy (non-hydrogen) atoms. The number of hydrogen-bond donors (Lipinski definition) is 1. The fourth-order valence-corrected chi connectivity index (χ4v) is 1.65. The molecular weight excluding hydrogens is 221 g/mol. The Morgan fingerprint density at radius 3 is 2.79 bits per heavy atom. The van der Waals surface area contributed by atoms with Crippen LogP contribution in [-0.4, -0.2) is 21.4 Å². The molecule has 0 saturated heterocycles. The van der Waals surface area contributed by atoms with Crippen LogP contribution < -0.4 is 5.32 Å². The van der Waals surface area contributed by atoms with Crippen molar-refractivity contribution >= 4 is 29.0 Å². The van der Waals surface area contributed by atoms with Crippen molar-refractivity contribution in [3.05, 3.63) is 17.5 Å². The second-order valence-corrected chi connectivity index (χ2v) is 4.45. The van der Waals surface area contributed by atoms with Crippen LogP contribution in [0, 0.1) is 0 Å². The molecule has 0 atom stereocenters. The molecule has 0 aliphatic carbocycles. The van der Waals surface area contributed by atoms with Gasteiger partial charge in [0.25, 0.3) is 0 Å². The summed E-state index contributed by atoms with van der Waals surface area (Å²) in [4.78, 5) is 7.86. The van der Waals surface area contributed by atoms with Crippen molar-refractivity contribution in [3.8, 4) is 0 Å². The molecule has 0 amide bonds. The second kappa shape index (κ2) is 4.80. The van der Waals surface area contributed by atoms with Gasteiger partial charge in [-0.2, -0.15) is 0 Å². The number of nitrogens with zero attached hydrogens (tertiary/aromatic N) is 2. The third-order valence-corrected chi connectivity index (χ3v) is 2.31. The average Bonchev–Trinajstić information content (AvgIpc) is 2.08. The van der Waals surface area contributed by atoms with Crippen LogP contribution in [0.15, 0.2) is 12.5 Å². The van der Waals surface area contributed by atoms with Crippen LogP contribution >= 0.6 is 23.2 Å². The predicted molar refractivity (Wildman–Crippen MR) is 60.1 cm³/mol. The topological polar surface area (TPSA) is 37.8 Å². The highest BCUT2D eigenvalue weighted by Crippen LogP contribution is 2.22. The summed E-state index contributed by atoms with van der Waals surface area (Å²) in [7, 11) is 0. The smallest absolute Gasteiger partial charge is 0.148 e. The van der Waals surface area contributed by atoms with E-state index in [-0.39, 0.29) is 5.54 Å². The molecule has 78 valence electrons. The number of alkyl halides is 1. The van der Waals surface area contributed by atoms with E-state index in [1.807, 2.05) is 13.8 Å². The monoisotopic (exact) mass is 233 g/mol. The van der Waals surface area contributed by atoms with E-state index in [2.05, 4.69) is 15.3 Å². The molecule has 0 aromatic carbocycles. The number of aromatic nitrogens is 2. The molecule has 0 spiro atoms. The lowest BCUT2D eigenvalue weighted by molar-refractivity contribution is 0.548. The molecule has 1 N–H and O–H groups in total. The van der Waals surface area contributed by atoms with Crippen molar-refractivity contribution in [2.24, 2.45) is 0 Å². The van der Waals surface area contributed by atoms with Crippen molar-refractivity contribution in [2.45, 2.75) is 25.8 Å². The predicted octanol–water partition coefficient (Wildman–Crippen LogP) is 2.95. The van der Waals surface area contributed by atoms with E-state index in [0.29, 0.717) is 16.7 Å². The normalized spacial score (nSPS) is 11.4. The zero-order valence-electron chi connectivity index (χ0n) is 8.22. The molecule has 1 rings (SSSR count). The average molecular weight is 234 g/mol. The Bertz CT molecular complexity index is 302. The quantitative estimate of drug-likeness (QED) is 0.814. The molecule has 1 aromatic rings. The Balaban J connectivity index is 2.73. The van der Waals surface area contributed by atoms with Gasteiger partial charge in [-0.1, -0.05) is 11.6 Å². The number of nitrogens with one attached hydrogen (secondary N) is 1. The summed E-state index contributed by atoms with van der Waals surface area (Å²) in [6, 6.07) is 0. The van der Waals surface area contributed by atoms with Gasteiger partial charge in [-0.05, 0) is 20.3 Å². The summed E-state index contributed by atoms with van der Waals surface area (Å²) in [6.45, 7) is 4.10. The highest BCUT2D eigenvalue weighted by molar-refractivity contribution is 6.32. The molecule has 3 nitrogen and oxygen atoms in total. The summed E-state index contributed by atoms with van der Waals surface area (Å²) in [5.41, 5.74) is -0.111. The van der Waals surface area contributed by atoms with Gasteiger partial charge in [-0.3, -0.25) is 0 Å². The lowest BCUT2D eigenvalue weighted by Crippen LogP contribution is -2.31. The molecule has 5 heteroatoms. The van der Waals surface area contributed by atoms with Gasteiger partial charge in [0.1, 0.15) is 17.2 Å². The highest BCUT2D eigenvalue weighted by Gasteiger charge is 2.18. The summed E-state index contributed by atoms with van der Waals surface area (Å²) < 4.78 is 0. The highest BCUT2D eigenvalue weighted by atomic mass is 35.5. The van der Waals surface area contributed by atoms with Crippen molar-refractivity contribution in [1.82, 2.24) is 9.97 Å². The maximum absolute atomic E-state index is 5.91. The first kappa shape index (κ1) is 11.5. The van der Waals surface area contributed by atoms with Crippen LogP contribution in [0.2, 0.25) is 5.02 Å². The Morgan fingerprint density at radius 2 is 2.21 bits per heavy atom. The molecule has 0 saturated carbocycles. The Morgan fingerprint density at radius 1 is 1.50 bits per heavy atom. The van der Waals surface area contributed by atoms with Crippen LogP contribution in [0.5, 0.6) is 0 Å². The molecule has 0 bridgehead atoms. The van der Waals surface area contributed by atoms with Crippen molar-refractivity contribution in [3.63, 3.8) is 0 Å². The Labute approximate surface area is 93.9 Å². The maximum atomic E-state index is 5.91.